The number of hydrogen-bond donors (Lipinski definition) is 1. The van der Waals surface area contributed by atoms with Crippen molar-refractivity contribution in [1.29, 1.82) is 0 Å². The minimum absolute atomic E-state index is 0.0618. The van der Waals surface area contributed by atoms with Crippen molar-refractivity contribution in [2.45, 2.75) is 19.9 Å². The molecule has 6 heteroatoms. The van der Waals surface area contributed by atoms with E-state index >= 15 is 0 Å². The van der Waals surface area contributed by atoms with Crippen LogP contribution in [0.1, 0.15) is 17.0 Å². The lowest BCUT2D eigenvalue weighted by Crippen LogP contribution is -2.12. The monoisotopic (exact) mass is 339 g/mol. The summed E-state index contributed by atoms with van der Waals surface area (Å²) in [5.74, 6) is -0.732. The standard InChI is InChI=1S/C19H18FN3O2/c1-12-15(10-18(24)25-2)19(22-11-14-5-3-4-8-21-14)16-9-13(20)6-7-17(16)23-12/h3-9H,10-11H2,1-2H3,(H,22,23). The number of pyridine rings is 2. The van der Waals surface area contributed by atoms with E-state index in [-0.39, 0.29) is 18.2 Å². The summed E-state index contributed by atoms with van der Waals surface area (Å²) in [7, 11) is 1.34. The highest BCUT2D eigenvalue weighted by atomic mass is 19.1. The van der Waals surface area contributed by atoms with Crippen molar-refractivity contribution in [1.82, 2.24) is 9.97 Å². The van der Waals surface area contributed by atoms with Gasteiger partial charge >= 0.3 is 5.97 Å². The Morgan fingerprint density at radius 2 is 2.12 bits per heavy atom. The van der Waals surface area contributed by atoms with Crippen LogP contribution in [-0.4, -0.2) is 23.0 Å². The van der Waals surface area contributed by atoms with E-state index in [1.54, 1.807) is 12.3 Å². The van der Waals surface area contributed by atoms with Crippen LogP contribution in [0.3, 0.4) is 0 Å². The molecular weight excluding hydrogens is 321 g/mol. The van der Waals surface area contributed by atoms with Crippen LogP contribution in [0.5, 0.6) is 0 Å². The van der Waals surface area contributed by atoms with E-state index in [1.165, 1.54) is 19.2 Å². The van der Waals surface area contributed by atoms with Gasteiger partial charge in [0.2, 0.25) is 0 Å². The Bertz CT molecular complexity index is 913. The van der Waals surface area contributed by atoms with Crippen molar-refractivity contribution in [3.8, 4) is 0 Å². The normalized spacial score (nSPS) is 10.7. The van der Waals surface area contributed by atoms with Crippen molar-refractivity contribution in [2.75, 3.05) is 12.4 Å². The Balaban J connectivity index is 2.08. The molecule has 0 bridgehead atoms. The second-order valence-corrected chi connectivity index (χ2v) is 5.64. The maximum Gasteiger partial charge on any atom is 0.310 e. The van der Waals surface area contributed by atoms with E-state index < -0.39 is 0 Å². The number of benzene rings is 1. The van der Waals surface area contributed by atoms with Gasteiger partial charge in [-0.3, -0.25) is 14.8 Å². The molecule has 0 saturated heterocycles. The second kappa shape index (κ2) is 7.25. The highest BCUT2D eigenvalue weighted by Crippen LogP contribution is 2.30. The molecule has 0 spiro atoms. The number of esters is 1. The van der Waals surface area contributed by atoms with E-state index in [2.05, 4.69) is 15.3 Å². The van der Waals surface area contributed by atoms with E-state index in [0.717, 1.165) is 5.69 Å². The Morgan fingerprint density at radius 3 is 2.84 bits per heavy atom. The van der Waals surface area contributed by atoms with Crippen molar-refractivity contribution >= 4 is 22.6 Å². The zero-order chi connectivity index (χ0) is 17.8. The zero-order valence-electron chi connectivity index (χ0n) is 14.0. The van der Waals surface area contributed by atoms with Crippen LogP contribution in [0, 0.1) is 12.7 Å². The fourth-order valence-electron chi connectivity index (χ4n) is 2.71. The molecule has 0 fully saturated rings. The number of carbonyl (C=O) groups is 1. The predicted molar refractivity (Wildman–Crippen MR) is 93.7 cm³/mol. The van der Waals surface area contributed by atoms with E-state index in [9.17, 15) is 9.18 Å². The summed E-state index contributed by atoms with van der Waals surface area (Å²) in [5.41, 5.74) is 3.58. The third kappa shape index (κ3) is 3.74. The van der Waals surface area contributed by atoms with Gasteiger partial charge in [0.15, 0.2) is 0 Å². The van der Waals surface area contributed by atoms with Gasteiger partial charge < -0.3 is 10.1 Å². The Kier molecular flexibility index (Phi) is 4.88. The smallest absolute Gasteiger partial charge is 0.310 e. The highest BCUT2D eigenvalue weighted by molar-refractivity contribution is 5.95. The molecule has 1 N–H and O–H groups in total. The SMILES string of the molecule is COC(=O)Cc1c(C)nc2ccc(F)cc2c1NCc1ccccn1. The Hall–Kier alpha value is -3.02. The van der Waals surface area contributed by atoms with Crippen molar-refractivity contribution in [3.63, 3.8) is 0 Å². The van der Waals surface area contributed by atoms with Gasteiger partial charge in [-0.15, -0.1) is 0 Å². The minimum atomic E-state index is -0.374. The van der Waals surface area contributed by atoms with Crippen LogP contribution in [-0.2, 0) is 22.5 Å². The third-order valence-electron chi connectivity index (χ3n) is 3.98. The van der Waals surface area contributed by atoms with Gasteiger partial charge in [0.05, 0.1) is 31.3 Å². The molecule has 0 aliphatic rings. The van der Waals surface area contributed by atoms with Gasteiger partial charge in [-0.25, -0.2) is 4.39 Å². The number of halogens is 1. The molecule has 0 aliphatic heterocycles. The largest absolute Gasteiger partial charge is 0.469 e. The molecule has 0 unspecified atom stereocenters. The molecule has 0 aliphatic carbocycles. The summed E-state index contributed by atoms with van der Waals surface area (Å²) in [4.78, 5) is 20.6. The van der Waals surface area contributed by atoms with Crippen LogP contribution in [0.15, 0.2) is 42.6 Å². The molecule has 2 aromatic heterocycles. The summed E-state index contributed by atoms with van der Waals surface area (Å²) in [6.45, 7) is 2.27. The summed E-state index contributed by atoms with van der Waals surface area (Å²) in [6.07, 6.45) is 1.77. The fourth-order valence-corrected chi connectivity index (χ4v) is 2.71. The molecule has 25 heavy (non-hydrogen) atoms. The van der Waals surface area contributed by atoms with Crippen LogP contribution < -0.4 is 5.32 Å². The second-order valence-electron chi connectivity index (χ2n) is 5.64. The molecule has 128 valence electrons. The topological polar surface area (TPSA) is 64.1 Å². The van der Waals surface area contributed by atoms with Gasteiger partial charge in [0, 0.05) is 28.5 Å². The number of hydrogen-bond acceptors (Lipinski definition) is 5. The van der Waals surface area contributed by atoms with Gasteiger partial charge in [0.25, 0.3) is 0 Å². The van der Waals surface area contributed by atoms with Crippen LogP contribution in [0.4, 0.5) is 10.1 Å². The lowest BCUT2D eigenvalue weighted by Gasteiger charge is -2.16. The number of aryl methyl sites for hydroxylation is 1. The number of carbonyl (C=O) groups excluding carboxylic acids is 1. The predicted octanol–water partition coefficient (Wildman–Crippen LogP) is 3.40. The van der Waals surface area contributed by atoms with Gasteiger partial charge in [-0.1, -0.05) is 6.07 Å². The maximum atomic E-state index is 13.8. The summed E-state index contributed by atoms with van der Waals surface area (Å²) < 4.78 is 18.6. The molecule has 2 heterocycles. The third-order valence-corrected chi connectivity index (χ3v) is 3.98. The number of nitrogens with one attached hydrogen (secondary N) is 1. The van der Waals surface area contributed by atoms with E-state index in [0.29, 0.717) is 34.4 Å². The van der Waals surface area contributed by atoms with E-state index in [1.807, 2.05) is 25.1 Å². The first-order valence-electron chi connectivity index (χ1n) is 7.88. The first-order chi connectivity index (χ1) is 12.1. The summed E-state index contributed by atoms with van der Waals surface area (Å²) in [5, 5.41) is 3.92. The van der Waals surface area contributed by atoms with Crippen LogP contribution >= 0.6 is 0 Å². The zero-order valence-corrected chi connectivity index (χ0v) is 14.0. The first-order valence-corrected chi connectivity index (χ1v) is 7.88. The molecule has 0 atom stereocenters. The van der Waals surface area contributed by atoms with Gasteiger partial charge in [-0.2, -0.15) is 0 Å². The molecule has 3 aromatic rings. The lowest BCUT2D eigenvalue weighted by atomic mass is 10.0. The fraction of sp³-hybridized carbons (Fsp3) is 0.211. The molecule has 0 saturated carbocycles. The van der Waals surface area contributed by atoms with Crippen LogP contribution in [0.2, 0.25) is 0 Å². The number of methoxy groups -OCH3 is 1. The van der Waals surface area contributed by atoms with Gasteiger partial charge in [-0.05, 0) is 37.3 Å². The molecular formula is C19H18FN3O2. The molecule has 0 radical (unpaired) electrons. The number of fused-ring (bicyclic) bond motifs is 1. The summed E-state index contributed by atoms with van der Waals surface area (Å²) >= 11 is 0. The van der Waals surface area contributed by atoms with E-state index in [4.69, 9.17) is 4.74 Å². The van der Waals surface area contributed by atoms with Crippen LogP contribution in [0.25, 0.3) is 10.9 Å². The van der Waals surface area contributed by atoms with Gasteiger partial charge in [0.1, 0.15) is 5.82 Å². The first kappa shape index (κ1) is 16.8. The number of anilines is 1. The molecule has 3 rings (SSSR count). The Labute approximate surface area is 144 Å². The molecule has 0 amide bonds. The average Bonchev–Trinajstić information content (AvgIpc) is 2.62. The number of ether oxygens (including phenoxy) is 1. The quantitative estimate of drug-likeness (QED) is 0.722. The van der Waals surface area contributed by atoms with Crippen molar-refractivity contribution in [3.05, 3.63) is 65.4 Å². The average molecular weight is 339 g/mol. The summed E-state index contributed by atoms with van der Waals surface area (Å²) in [6, 6.07) is 10.1. The highest BCUT2D eigenvalue weighted by Gasteiger charge is 2.16. The molecule has 5 nitrogen and oxygen atoms in total. The lowest BCUT2D eigenvalue weighted by molar-refractivity contribution is -0.139. The Morgan fingerprint density at radius 1 is 1.28 bits per heavy atom. The van der Waals surface area contributed by atoms with Crippen molar-refractivity contribution in [2.24, 2.45) is 0 Å². The minimum Gasteiger partial charge on any atom is -0.469 e. The maximum absolute atomic E-state index is 13.8. The number of rotatable bonds is 5. The number of nitrogens with zero attached hydrogens (tertiary/aromatic N) is 2. The molecule has 1 aromatic carbocycles. The van der Waals surface area contributed by atoms with Crippen molar-refractivity contribution < 1.29 is 13.9 Å². The number of aromatic nitrogens is 2.